The highest BCUT2D eigenvalue weighted by Gasteiger charge is 2.18. The Hall–Kier alpha value is -2.29. The third-order valence-electron chi connectivity index (χ3n) is 5.23. The summed E-state index contributed by atoms with van der Waals surface area (Å²) in [5.41, 5.74) is 3.05. The van der Waals surface area contributed by atoms with E-state index >= 15 is 0 Å². The van der Waals surface area contributed by atoms with Gasteiger partial charge in [-0.05, 0) is 38.7 Å². The lowest BCUT2D eigenvalue weighted by atomic mass is 10.1. The summed E-state index contributed by atoms with van der Waals surface area (Å²) in [6.07, 6.45) is 3.02. The van der Waals surface area contributed by atoms with Crippen LogP contribution in [0.4, 0.5) is 0 Å². The van der Waals surface area contributed by atoms with Crippen LogP contribution in [-0.4, -0.2) is 87.8 Å². The van der Waals surface area contributed by atoms with Gasteiger partial charge in [0.05, 0.1) is 46.4 Å². The van der Waals surface area contributed by atoms with E-state index in [-0.39, 0.29) is 0 Å². The molecule has 2 heterocycles. The van der Waals surface area contributed by atoms with E-state index in [2.05, 4.69) is 27.0 Å². The van der Waals surface area contributed by atoms with Crippen molar-refractivity contribution in [2.45, 2.75) is 13.0 Å². The first-order chi connectivity index (χ1) is 14.2. The molecule has 29 heavy (non-hydrogen) atoms. The van der Waals surface area contributed by atoms with Crippen LogP contribution in [0.3, 0.4) is 0 Å². The van der Waals surface area contributed by atoms with Crippen LogP contribution >= 0.6 is 0 Å². The van der Waals surface area contributed by atoms with Gasteiger partial charge < -0.3 is 23.8 Å². The third-order valence-corrected chi connectivity index (χ3v) is 5.23. The molecule has 1 saturated heterocycles. The topological polar surface area (TPSA) is 72.1 Å². The molecule has 2 aromatic rings. The Morgan fingerprint density at radius 2 is 1.79 bits per heavy atom. The molecule has 160 valence electrons. The number of rotatable bonds is 10. The number of morpholine rings is 1. The van der Waals surface area contributed by atoms with Crippen LogP contribution in [-0.2, 0) is 11.3 Å². The zero-order valence-corrected chi connectivity index (χ0v) is 17.9. The maximum atomic E-state index is 5.49. The number of aromatic amines is 1. The molecule has 0 radical (unpaired) electrons. The number of nitrogens with one attached hydrogen (secondary N) is 1. The Kier molecular flexibility index (Phi) is 7.74. The fourth-order valence-electron chi connectivity index (χ4n) is 3.67. The van der Waals surface area contributed by atoms with Gasteiger partial charge in [0.1, 0.15) is 0 Å². The summed E-state index contributed by atoms with van der Waals surface area (Å²) in [7, 11) is 6.99. The molecule has 0 spiro atoms. The molecule has 1 aromatic heterocycles. The first-order valence-corrected chi connectivity index (χ1v) is 9.97. The fourth-order valence-corrected chi connectivity index (χ4v) is 3.67. The summed E-state index contributed by atoms with van der Waals surface area (Å²) in [6.45, 7) is 6.72. The van der Waals surface area contributed by atoms with E-state index in [1.54, 1.807) is 21.3 Å². The number of methoxy groups -OCH3 is 3. The average molecular weight is 405 g/mol. The average Bonchev–Trinajstić information content (AvgIpc) is 3.21. The van der Waals surface area contributed by atoms with Crippen molar-refractivity contribution in [1.82, 2.24) is 20.0 Å². The molecule has 8 nitrogen and oxygen atoms in total. The van der Waals surface area contributed by atoms with E-state index in [0.29, 0.717) is 17.2 Å². The summed E-state index contributed by atoms with van der Waals surface area (Å²) in [6, 6.07) is 3.88. The minimum atomic E-state index is 0.583. The minimum Gasteiger partial charge on any atom is -0.493 e. The first kappa shape index (κ1) is 21.4. The summed E-state index contributed by atoms with van der Waals surface area (Å²) in [5, 5.41) is 7.40. The highest BCUT2D eigenvalue weighted by Crippen LogP contribution is 2.41. The number of H-pyrrole nitrogens is 1. The second-order valence-electron chi connectivity index (χ2n) is 7.23. The Balaban J connectivity index is 1.65. The second kappa shape index (κ2) is 10.5. The van der Waals surface area contributed by atoms with Crippen LogP contribution in [0.5, 0.6) is 17.2 Å². The Morgan fingerprint density at radius 3 is 2.41 bits per heavy atom. The molecule has 0 amide bonds. The molecule has 1 aliphatic rings. The highest BCUT2D eigenvalue weighted by molar-refractivity contribution is 5.70. The van der Waals surface area contributed by atoms with Crippen LogP contribution in [0.2, 0.25) is 0 Å². The number of hydrogen-bond donors (Lipinski definition) is 1. The summed E-state index contributed by atoms with van der Waals surface area (Å²) < 4.78 is 21.8. The Labute approximate surface area is 172 Å². The molecule has 0 saturated carbocycles. The van der Waals surface area contributed by atoms with Crippen molar-refractivity contribution in [2.24, 2.45) is 0 Å². The van der Waals surface area contributed by atoms with Crippen LogP contribution in [0.15, 0.2) is 18.3 Å². The van der Waals surface area contributed by atoms with E-state index in [1.165, 1.54) is 0 Å². The summed E-state index contributed by atoms with van der Waals surface area (Å²) in [4.78, 5) is 4.79. The van der Waals surface area contributed by atoms with Gasteiger partial charge in [0.2, 0.25) is 5.75 Å². The number of ether oxygens (including phenoxy) is 4. The van der Waals surface area contributed by atoms with Crippen LogP contribution in [0.1, 0.15) is 12.0 Å². The van der Waals surface area contributed by atoms with E-state index < -0.39 is 0 Å². The predicted molar refractivity (Wildman–Crippen MR) is 112 cm³/mol. The zero-order chi connectivity index (χ0) is 20.6. The van der Waals surface area contributed by atoms with Crippen molar-refractivity contribution in [3.8, 4) is 28.5 Å². The van der Waals surface area contributed by atoms with Gasteiger partial charge in [-0.25, -0.2) is 0 Å². The molecular weight excluding hydrogens is 372 g/mol. The Bertz CT molecular complexity index is 749. The molecule has 1 aromatic carbocycles. The van der Waals surface area contributed by atoms with Crippen molar-refractivity contribution in [2.75, 3.05) is 67.8 Å². The van der Waals surface area contributed by atoms with Crippen molar-refractivity contribution in [1.29, 1.82) is 0 Å². The van der Waals surface area contributed by atoms with Crippen molar-refractivity contribution >= 4 is 0 Å². The van der Waals surface area contributed by atoms with E-state index in [1.807, 2.05) is 18.3 Å². The monoisotopic (exact) mass is 404 g/mol. The van der Waals surface area contributed by atoms with Gasteiger partial charge in [0.15, 0.2) is 11.5 Å². The smallest absolute Gasteiger partial charge is 0.203 e. The largest absolute Gasteiger partial charge is 0.493 e. The molecule has 0 unspecified atom stereocenters. The quantitative estimate of drug-likeness (QED) is 0.651. The van der Waals surface area contributed by atoms with Crippen LogP contribution < -0.4 is 14.2 Å². The van der Waals surface area contributed by atoms with Crippen LogP contribution in [0, 0.1) is 0 Å². The van der Waals surface area contributed by atoms with E-state index in [4.69, 9.17) is 18.9 Å². The van der Waals surface area contributed by atoms with Gasteiger partial charge in [0, 0.05) is 30.8 Å². The molecule has 8 heteroatoms. The lowest BCUT2D eigenvalue weighted by Gasteiger charge is -2.27. The molecule has 3 rings (SSSR count). The number of hydrogen-bond acceptors (Lipinski definition) is 7. The van der Waals surface area contributed by atoms with E-state index in [0.717, 1.165) is 69.2 Å². The third kappa shape index (κ3) is 5.41. The lowest BCUT2D eigenvalue weighted by molar-refractivity contribution is 0.0363. The van der Waals surface area contributed by atoms with Gasteiger partial charge >= 0.3 is 0 Å². The maximum Gasteiger partial charge on any atom is 0.203 e. The minimum absolute atomic E-state index is 0.583. The first-order valence-electron chi connectivity index (χ1n) is 9.97. The fraction of sp³-hybridized carbons (Fsp3) is 0.571. The maximum absolute atomic E-state index is 5.49. The number of nitrogens with zero attached hydrogens (tertiary/aromatic N) is 3. The summed E-state index contributed by atoms with van der Waals surface area (Å²) >= 11 is 0. The molecule has 1 fully saturated rings. The van der Waals surface area contributed by atoms with Gasteiger partial charge in [-0.15, -0.1) is 0 Å². The standard InChI is InChI=1S/C21H32N4O4/c1-24(6-5-7-25-8-10-29-11-9-25)15-17-14-22-23-20(17)16-12-18(26-2)21(28-4)19(13-16)27-3/h12-14H,5-11,15H2,1-4H3,(H,22,23). The molecule has 1 aliphatic heterocycles. The Morgan fingerprint density at radius 1 is 1.10 bits per heavy atom. The van der Waals surface area contributed by atoms with E-state index in [9.17, 15) is 0 Å². The van der Waals surface area contributed by atoms with Crippen molar-refractivity contribution < 1.29 is 18.9 Å². The predicted octanol–water partition coefficient (Wildman–Crippen LogP) is 2.26. The highest BCUT2D eigenvalue weighted by atomic mass is 16.5. The van der Waals surface area contributed by atoms with Gasteiger partial charge in [-0.2, -0.15) is 5.10 Å². The van der Waals surface area contributed by atoms with Gasteiger partial charge in [-0.3, -0.25) is 10.00 Å². The van der Waals surface area contributed by atoms with Crippen molar-refractivity contribution in [3.05, 3.63) is 23.9 Å². The summed E-state index contributed by atoms with van der Waals surface area (Å²) in [5.74, 6) is 1.84. The van der Waals surface area contributed by atoms with Crippen LogP contribution in [0.25, 0.3) is 11.3 Å². The zero-order valence-electron chi connectivity index (χ0n) is 17.9. The number of aromatic nitrogens is 2. The SMILES string of the molecule is COc1cc(-c2[nH]ncc2CN(C)CCCN2CCOCC2)cc(OC)c1OC. The van der Waals surface area contributed by atoms with Crippen molar-refractivity contribution in [3.63, 3.8) is 0 Å². The molecule has 0 atom stereocenters. The lowest BCUT2D eigenvalue weighted by Crippen LogP contribution is -2.37. The van der Waals surface area contributed by atoms with Gasteiger partial charge in [-0.1, -0.05) is 0 Å². The molecule has 0 aliphatic carbocycles. The van der Waals surface area contributed by atoms with Gasteiger partial charge in [0.25, 0.3) is 0 Å². The molecule has 1 N–H and O–H groups in total. The molecular formula is C21H32N4O4. The molecule has 0 bridgehead atoms. The normalized spacial score (nSPS) is 14.9. The second-order valence-corrected chi connectivity index (χ2v) is 7.23. The number of benzene rings is 1.